The molecular weight excluding hydrogens is 278 g/mol. The molecule has 0 aromatic carbocycles. The van der Waals surface area contributed by atoms with Crippen molar-refractivity contribution in [3.63, 3.8) is 0 Å². The van der Waals surface area contributed by atoms with Crippen LogP contribution in [0.1, 0.15) is 0 Å². The fourth-order valence-electron chi connectivity index (χ4n) is 0.380. The molecular formula is C6H2Cl4O4. The Morgan fingerprint density at radius 3 is 1.00 bits per heavy atom. The molecule has 14 heavy (non-hydrogen) atoms. The molecule has 0 aromatic rings. The Morgan fingerprint density at radius 1 is 0.643 bits per heavy atom. The van der Waals surface area contributed by atoms with Gasteiger partial charge >= 0.3 is 11.9 Å². The molecule has 0 heterocycles. The van der Waals surface area contributed by atoms with Crippen molar-refractivity contribution in [1.29, 1.82) is 0 Å². The Morgan fingerprint density at radius 2 is 0.857 bits per heavy atom. The molecule has 0 rings (SSSR count). The predicted molar refractivity (Wildman–Crippen MR) is 52.7 cm³/mol. The SMILES string of the molecule is O=C(O)/C(Cl)=C(Cl)\C(Cl)=C(/Cl)C(=O)O. The summed E-state index contributed by atoms with van der Waals surface area (Å²) in [6.45, 7) is 0. The number of aliphatic carboxylic acids is 2. The number of allylic oxidation sites excluding steroid dienone is 2. The lowest BCUT2D eigenvalue weighted by atomic mass is 10.4. The van der Waals surface area contributed by atoms with E-state index >= 15 is 0 Å². The predicted octanol–water partition coefficient (Wildman–Crippen LogP) is 2.53. The van der Waals surface area contributed by atoms with Gasteiger partial charge in [0.25, 0.3) is 0 Å². The summed E-state index contributed by atoms with van der Waals surface area (Å²) in [4.78, 5) is 20.6. The third-order valence-electron chi connectivity index (χ3n) is 0.954. The van der Waals surface area contributed by atoms with Gasteiger partial charge in [-0.3, -0.25) is 0 Å². The molecule has 0 fully saturated rings. The van der Waals surface area contributed by atoms with E-state index in [1.54, 1.807) is 0 Å². The van der Waals surface area contributed by atoms with Crippen molar-refractivity contribution >= 4 is 58.3 Å². The highest BCUT2D eigenvalue weighted by Gasteiger charge is 2.18. The van der Waals surface area contributed by atoms with Gasteiger partial charge < -0.3 is 10.2 Å². The molecule has 0 unspecified atom stereocenters. The van der Waals surface area contributed by atoms with Crippen LogP contribution in [0.5, 0.6) is 0 Å². The van der Waals surface area contributed by atoms with E-state index in [1.165, 1.54) is 0 Å². The first-order valence-corrected chi connectivity index (χ1v) is 4.37. The van der Waals surface area contributed by atoms with Crippen LogP contribution in [-0.4, -0.2) is 22.2 Å². The third kappa shape index (κ3) is 3.38. The van der Waals surface area contributed by atoms with Gasteiger partial charge in [0.1, 0.15) is 10.1 Å². The van der Waals surface area contributed by atoms with Crippen molar-refractivity contribution < 1.29 is 19.8 Å². The normalized spacial score (nSPS) is 14.3. The molecule has 4 nitrogen and oxygen atoms in total. The van der Waals surface area contributed by atoms with Crippen LogP contribution in [0.2, 0.25) is 0 Å². The van der Waals surface area contributed by atoms with Crippen LogP contribution >= 0.6 is 46.4 Å². The summed E-state index contributed by atoms with van der Waals surface area (Å²) < 4.78 is 0. The van der Waals surface area contributed by atoms with Crippen molar-refractivity contribution in [3.8, 4) is 0 Å². The first kappa shape index (κ1) is 13.6. The first-order chi connectivity index (χ1) is 6.29. The van der Waals surface area contributed by atoms with Crippen LogP contribution in [0.15, 0.2) is 20.1 Å². The fourth-order valence-corrected chi connectivity index (χ4v) is 1.02. The van der Waals surface area contributed by atoms with Crippen LogP contribution in [0.3, 0.4) is 0 Å². The number of rotatable bonds is 3. The van der Waals surface area contributed by atoms with E-state index in [1.807, 2.05) is 0 Å². The number of hydrogen-bond donors (Lipinski definition) is 2. The molecule has 8 heteroatoms. The molecule has 0 radical (unpaired) electrons. The van der Waals surface area contributed by atoms with Crippen molar-refractivity contribution in [3.05, 3.63) is 20.1 Å². The quantitative estimate of drug-likeness (QED) is 0.615. The summed E-state index contributed by atoms with van der Waals surface area (Å²) in [5.74, 6) is -3.07. The van der Waals surface area contributed by atoms with Gasteiger partial charge in [0.15, 0.2) is 0 Å². The Hall–Kier alpha value is -0.420. The number of halogens is 4. The maximum absolute atomic E-state index is 10.3. The largest absolute Gasteiger partial charge is 0.477 e. The van der Waals surface area contributed by atoms with Gasteiger partial charge in [-0.2, -0.15) is 0 Å². The van der Waals surface area contributed by atoms with E-state index in [0.29, 0.717) is 0 Å². The minimum atomic E-state index is -1.54. The number of carboxylic acids is 2. The molecule has 0 bridgehead atoms. The molecule has 78 valence electrons. The van der Waals surface area contributed by atoms with Crippen molar-refractivity contribution in [2.24, 2.45) is 0 Å². The lowest BCUT2D eigenvalue weighted by Crippen LogP contribution is -2.00. The number of carbonyl (C=O) groups is 2. The maximum Gasteiger partial charge on any atom is 0.348 e. The van der Waals surface area contributed by atoms with E-state index in [2.05, 4.69) is 0 Å². The highest BCUT2D eigenvalue weighted by atomic mass is 35.5. The molecule has 0 aliphatic rings. The van der Waals surface area contributed by atoms with Crippen molar-refractivity contribution in [1.82, 2.24) is 0 Å². The Kier molecular flexibility index (Phi) is 5.29. The molecule has 0 aromatic heterocycles. The van der Waals surface area contributed by atoms with Gasteiger partial charge in [0, 0.05) is 0 Å². The van der Waals surface area contributed by atoms with E-state index in [9.17, 15) is 9.59 Å². The zero-order valence-electron chi connectivity index (χ0n) is 6.22. The Bertz CT molecular complexity index is 310. The minimum absolute atomic E-state index is 0.631. The number of carboxylic acid groups (broad SMARTS) is 2. The molecule has 0 saturated heterocycles. The van der Waals surface area contributed by atoms with E-state index < -0.39 is 32.1 Å². The van der Waals surface area contributed by atoms with Crippen LogP contribution in [-0.2, 0) is 9.59 Å². The summed E-state index contributed by atoms with van der Waals surface area (Å²) in [6.07, 6.45) is 0. The van der Waals surface area contributed by atoms with E-state index in [4.69, 9.17) is 56.6 Å². The van der Waals surface area contributed by atoms with E-state index in [-0.39, 0.29) is 0 Å². The summed E-state index contributed by atoms with van der Waals surface area (Å²) >= 11 is 21.1. The minimum Gasteiger partial charge on any atom is -0.477 e. The molecule has 0 atom stereocenters. The maximum atomic E-state index is 10.3. The van der Waals surface area contributed by atoms with Gasteiger partial charge in [0.2, 0.25) is 0 Å². The van der Waals surface area contributed by atoms with Gasteiger partial charge in [-0.15, -0.1) is 0 Å². The molecule has 2 N–H and O–H groups in total. The summed E-state index contributed by atoms with van der Waals surface area (Å²) in [5.41, 5.74) is 0. The lowest BCUT2D eigenvalue weighted by molar-refractivity contribution is -0.133. The van der Waals surface area contributed by atoms with Crippen LogP contribution in [0.25, 0.3) is 0 Å². The summed E-state index contributed by atoms with van der Waals surface area (Å²) in [6, 6.07) is 0. The van der Waals surface area contributed by atoms with Crippen molar-refractivity contribution in [2.45, 2.75) is 0 Å². The third-order valence-corrected chi connectivity index (χ3v) is 2.70. The average molecular weight is 280 g/mol. The van der Waals surface area contributed by atoms with Gasteiger partial charge in [0.05, 0.1) is 10.1 Å². The van der Waals surface area contributed by atoms with Gasteiger partial charge in [-0.05, 0) is 0 Å². The second-order valence-corrected chi connectivity index (χ2v) is 3.38. The first-order valence-electron chi connectivity index (χ1n) is 2.86. The number of hydrogen-bond acceptors (Lipinski definition) is 2. The molecule has 0 aliphatic heterocycles. The lowest BCUT2D eigenvalue weighted by Gasteiger charge is -1.99. The standard InChI is InChI=1S/C6H2Cl4O4/c7-1(3(9)5(11)12)2(8)4(10)6(13)14/h(H,11,12)(H,13,14)/b3-1-,4-2+. The average Bonchev–Trinajstić information content (AvgIpc) is 2.12. The fraction of sp³-hybridized carbons (Fsp3) is 0. The second-order valence-electron chi connectivity index (χ2n) is 1.87. The van der Waals surface area contributed by atoms with Gasteiger partial charge in [-0.1, -0.05) is 46.4 Å². The topological polar surface area (TPSA) is 74.6 Å². The monoisotopic (exact) mass is 278 g/mol. The summed E-state index contributed by atoms with van der Waals surface area (Å²) in [5, 5.41) is 13.9. The van der Waals surface area contributed by atoms with Gasteiger partial charge in [-0.25, -0.2) is 9.59 Å². The highest BCUT2D eigenvalue weighted by molar-refractivity contribution is 6.56. The second kappa shape index (κ2) is 5.46. The van der Waals surface area contributed by atoms with Crippen LogP contribution in [0.4, 0.5) is 0 Å². The summed E-state index contributed by atoms with van der Waals surface area (Å²) in [7, 11) is 0. The molecule has 0 aliphatic carbocycles. The Labute approximate surface area is 98.3 Å². The van der Waals surface area contributed by atoms with Crippen molar-refractivity contribution in [2.75, 3.05) is 0 Å². The molecule has 0 amide bonds. The van der Waals surface area contributed by atoms with Crippen LogP contribution in [0, 0.1) is 0 Å². The van der Waals surface area contributed by atoms with Crippen LogP contribution < -0.4 is 0 Å². The zero-order valence-corrected chi connectivity index (χ0v) is 9.25. The molecule has 0 saturated carbocycles. The zero-order chi connectivity index (χ0) is 11.5. The smallest absolute Gasteiger partial charge is 0.348 e. The van der Waals surface area contributed by atoms with E-state index in [0.717, 1.165) is 0 Å². The Balaban J connectivity index is 5.35. The highest BCUT2D eigenvalue weighted by Crippen LogP contribution is 2.29. The molecule has 0 spiro atoms.